The second-order valence-corrected chi connectivity index (χ2v) is 6.00. The molecule has 0 aliphatic carbocycles. The van der Waals surface area contributed by atoms with Crippen LogP contribution in [0, 0.1) is 0 Å². The van der Waals surface area contributed by atoms with Crippen LogP contribution >= 0.6 is 0 Å². The number of carbonyl (C=O) groups excluding carboxylic acids is 1. The van der Waals surface area contributed by atoms with E-state index in [9.17, 15) is 4.79 Å². The van der Waals surface area contributed by atoms with Crippen LogP contribution < -0.4 is 4.74 Å². The van der Waals surface area contributed by atoms with Crippen LogP contribution in [0.25, 0.3) is 0 Å². The molecule has 1 fully saturated rings. The zero-order valence-corrected chi connectivity index (χ0v) is 14.0. The number of rotatable bonds is 5. The fourth-order valence-electron chi connectivity index (χ4n) is 2.97. The highest BCUT2D eigenvalue weighted by Gasteiger charge is 2.24. The number of nitrogens with zero attached hydrogens (tertiary/aromatic N) is 1. The standard InChI is InChI=1S/C20H23NO3/c1-23-18-11-8-17(9-12-18)20(22)21-13-14-24-19(15-21)10-7-16-5-3-2-4-6-16/h2-6,8-9,11-12,19H,7,10,13-15H2,1H3/t19-/m0/s1. The molecule has 1 amide bonds. The van der Waals surface area contributed by atoms with Crippen molar-refractivity contribution in [3.63, 3.8) is 0 Å². The number of aryl methyl sites for hydroxylation is 1. The van der Waals surface area contributed by atoms with Gasteiger partial charge in [-0.1, -0.05) is 30.3 Å². The van der Waals surface area contributed by atoms with E-state index in [4.69, 9.17) is 9.47 Å². The first kappa shape index (κ1) is 16.5. The first-order valence-corrected chi connectivity index (χ1v) is 8.35. The Morgan fingerprint density at radius 3 is 2.62 bits per heavy atom. The van der Waals surface area contributed by atoms with Crippen molar-refractivity contribution in [1.82, 2.24) is 4.90 Å². The lowest BCUT2D eigenvalue weighted by molar-refractivity contribution is -0.0246. The Morgan fingerprint density at radius 1 is 1.17 bits per heavy atom. The Bertz CT molecular complexity index is 654. The molecule has 1 aliphatic heterocycles. The van der Waals surface area contributed by atoms with Gasteiger partial charge in [0.15, 0.2) is 0 Å². The summed E-state index contributed by atoms with van der Waals surface area (Å²) in [4.78, 5) is 14.5. The molecule has 0 aromatic heterocycles. The van der Waals surface area contributed by atoms with E-state index in [1.54, 1.807) is 7.11 Å². The second-order valence-electron chi connectivity index (χ2n) is 6.00. The van der Waals surface area contributed by atoms with Crippen molar-refractivity contribution in [1.29, 1.82) is 0 Å². The summed E-state index contributed by atoms with van der Waals surface area (Å²) >= 11 is 0. The summed E-state index contributed by atoms with van der Waals surface area (Å²) in [7, 11) is 1.62. The van der Waals surface area contributed by atoms with E-state index in [2.05, 4.69) is 24.3 Å². The minimum Gasteiger partial charge on any atom is -0.497 e. The predicted molar refractivity (Wildman–Crippen MR) is 93.4 cm³/mol. The first-order chi connectivity index (χ1) is 11.8. The molecule has 126 valence electrons. The molecule has 0 unspecified atom stereocenters. The number of hydrogen-bond acceptors (Lipinski definition) is 3. The molecule has 2 aromatic carbocycles. The zero-order valence-electron chi connectivity index (χ0n) is 14.0. The van der Waals surface area contributed by atoms with Gasteiger partial charge in [0.1, 0.15) is 5.75 Å². The van der Waals surface area contributed by atoms with Gasteiger partial charge >= 0.3 is 0 Å². The third kappa shape index (κ3) is 4.15. The summed E-state index contributed by atoms with van der Waals surface area (Å²) in [6, 6.07) is 17.7. The number of methoxy groups -OCH3 is 1. The smallest absolute Gasteiger partial charge is 0.254 e. The molecule has 0 saturated carbocycles. The molecule has 4 heteroatoms. The Kier molecular flexibility index (Phi) is 5.49. The molecule has 0 N–H and O–H groups in total. The van der Waals surface area contributed by atoms with Crippen LogP contribution in [0.1, 0.15) is 22.3 Å². The maximum absolute atomic E-state index is 12.6. The molecule has 1 aliphatic rings. The molecule has 2 aromatic rings. The van der Waals surface area contributed by atoms with E-state index in [0.29, 0.717) is 25.3 Å². The number of ether oxygens (including phenoxy) is 2. The van der Waals surface area contributed by atoms with Gasteiger partial charge in [-0.25, -0.2) is 0 Å². The van der Waals surface area contributed by atoms with Crippen LogP contribution in [-0.4, -0.2) is 43.7 Å². The summed E-state index contributed by atoms with van der Waals surface area (Å²) in [6.45, 7) is 1.89. The average molecular weight is 325 g/mol. The zero-order chi connectivity index (χ0) is 16.8. The number of benzene rings is 2. The molecular weight excluding hydrogens is 302 g/mol. The Hall–Kier alpha value is -2.33. The van der Waals surface area contributed by atoms with Gasteiger partial charge in [0.2, 0.25) is 0 Å². The van der Waals surface area contributed by atoms with Gasteiger partial charge in [0, 0.05) is 18.7 Å². The van der Waals surface area contributed by atoms with E-state index in [-0.39, 0.29) is 12.0 Å². The third-order valence-corrected chi connectivity index (χ3v) is 4.36. The summed E-state index contributed by atoms with van der Waals surface area (Å²) in [6.07, 6.45) is 1.99. The molecular formula is C20H23NO3. The van der Waals surface area contributed by atoms with E-state index >= 15 is 0 Å². The van der Waals surface area contributed by atoms with Crippen LogP contribution in [0.2, 0.25) is 0 Å². The SMILES string of the molecule is COc1ccc(C(=O)N2CCO[C@@H](CCc3ccccc3)C2)cc1. The van der Waals surface area contributed by atoms with Gasteiger partial charge in [-0.05, 0) is 42.7 Å². The number of amides is 1. The molecule has 0 bridgehead atoms. The minimum absolute atomic E-state index is 0.0608. The van der Waals surface area contributed by atoms with Crippen molar-refractivity contribution >= 4 is 5.91 Å². The highest BCUT2D eigenvalue weighted by Crippen LogP contribution is 2.17. The summed E-state index contributed by atoms with van der Waals surface area (Å²) < 4.78 is 11.0. The fourth-order valence-corrected chi connectivity index (χ4v) is 2.97. The fraction of sp³-hybridized carbons (Fsp3) is 0.350. The minimum atomic E-state index is 0.0608. The van der Waals surface area contributed by atoms with E-state index < -0.39 is 0 Å². The van der Waals surface area contributed by atoms with Crippen molar-refractivity contribution in [2.24, 2.45) is 0 Å². The summed E-state index contributed by atoms with van der Waals surface area (Å²) in [5.41, 5.74) is 2.00. The quantitative estimate of drug-likeness (QED) is 0.847. The molecule has 0 spiro atoms. The normalized spacial score (nSPS) is 17.5. The van der Waals surface area contributed by atoms with Gasteiger partial charge in [-0.3, -0.25) is 4.79 Å². The number of carbonyl (C=O) groups is 1. The number of morpholine rings is 1. The number of hydrogen-bond donors (Lipinski definition) is 0. The van der Waals surface area contributed by atoms with E-state index in [0.717, 1.165) is 18.6 Å². The van der Waals surface area contributed by atoms with Crippen molar-refractivity contribution in [3.8, 4) is 5.75 Å². The first-order valence-electron chi connectivity index (χ1n) is 8.35. The van der Waals surface area contributed by atoms with Crippen LogP contribution in [0.3, 0.4) is 0 Å². The maximum atomic E-state index is 12.6. The molecule has 0 radical (unpaired) electrons. The van der Waals surface area contributed by atoms with E-state index in [1.807, 2.05) is 35.2 Å². The lowest BCUT2D eigenvalue weighted by Gasteiger charge is -2.33. The van der Waals surface area contributed by atoms with Gasteiger partial charge < -0.3 is 14.4 Å². The van der Waals surface area contributed by atoms with Gasteiger partial charge in [-0.2, -0.15) is 0 Å². The predicted octanol–water partition coefficient (Wildman–Crippen LogP) is 3.17. The van der Waals surface area contributed by atoms with Crippen LogP contribution in [0.5, 0.6) is 5.75 Å². The van der Waals surface area contributed by atoms with Crippen molar-refractivity contribution in [2.75, 3.05) is 26.8 Å². The molecule has 1 saturated heterocycles. The van der Waals surface area contributed by atoms with Crippen molar-refractivity contribution in [2.45, 2.75) is 18.9 Å². The molecule has 1 heterocycles. The lowest BCUT2D eigenvalue weighted by Crippen LogP contribution is -2.45. The van der Waals surface area contributed by atoms with Crippen LogP contribution in [0.15, 0.2) is 54.6 Å². The van der Waals surface area contributed by atoms with Gasteiger partial charge in [0.05, 0.1) is 19.8 Å². The van der Waals surface area contributed by atoms with Crippen molar-refractivity contribution in [3.05, 3.63) is 65.7 Å². The maximum Gasteiger partial charge on any atom is 0.254 e. The molecule has 24 heavy (non-hydrogen) atoms. The average Bonchev–Trinajstić information content (AvgIpc) is 2.67. The molecule has 3 rings (SSSR count). The Balaban J connectivity index is 1.57. The van der Waals surface area contributed by atoms with Crippen molar-refractivity contribution < 1.29 is 14.3 Å². The second kappa shape index (κ2) is 7.97. The Morgan fingerprint density at radius 2 is 1.92 bits per heavy atom. The monoisotopic (exact) mass is 325 g/mol. The third-order valence-electron chi connectivity index (χ3n) is 4.36. The summed E-state index contributed by atoms with van der Waals surface area (Å²) in [5.74, 6) is 0.819. The van der Waals surface area contributed by atoms with E-state index in [1.165, 1.54) is 5.56 Å². The topological polar surface area (TPSA) is 38.8 Å². The Labute approximate surface area is 143 Å². The van der Waals surface area contributed by atoms with Crippen LogP contribution in [0.4, 0.5) is 0 Å². The highest BCUT2D eigenvalue weighted by atomic mass is 16.5. The molecule has 1 atom stereocenters. The largest absolute Gasteiger partial charge is 0.497 e. The van der Waals surface area contributed by atoms with Gasteiger partial charge in [0.25, 0.3) is 5.91 Å². The summed E-state index contributed by atoms with van der Waals surface area (Å²) in [5, 5.41) is 0. The highest BCUT2D eigenvalue weighted by molar-refractivity contribution is 5.94. The van der Waals surface area contributed by atoms with Crippen LogP contribution in [-0.2, 0) is 11.2 Å². The van der Waals surface area contributed by atoms with Gasteiger partial charge in [-0.15, -0.1) is 0 Å². The lowest BCUT2D eigenvalue weighted by atomic mass is 10.1. The molecule has 4 nitrogen and oxygen atoms in total.